The predicted molar refractivity (Wildman–Crippen MR) is 132 cm³/mol. The molecule has 0 aliphatic heterocycles. The molecule has 168 valence electrons. The Kier molecular flexibility index (Phi) is 10.5. The van der Waals surface area contributed by atoms with Crippen LogP contribution in [0.2, 0.25) is 15.1 Å². The second kappa shape index (κ2) is 12.6. The first-order valence-corrected chi connectivity index (χ1v) is 12.3. The molecule has 1 unspecified atom stereocenters. The summed E-state index contributed by atoms with van der Waals surface area (Å²) in [6, 6.07) is 12.2. The predicted octanol–water partition coefficient (Wildman–Crippen LogP) is 6.07. The molecule has 0 bridgehead atoms. The molecule has 0 aromatic heterocycles. The highest BCUT2D eigenvalue weighted by Crippen LogP contribution is 2.25. The molecule has 0 fully saturated rings. The second-order valence-electron chi connectivity index (χ2n) is 7.71. The number of halogens is 3. The van der Waals surface area contributed by atoms with Crippen LogP contribution >= 0.6 is 46.6 Å². The van der Waals surface area contributed by atoms with Crippen molar-refractivity contribution in [2.24, 2.45) is 5.92 Å². The van der Waals surface area contributed by atoms with Crippen molar-refractivity contribution in [2.45, 2.75) is 39.1 Å². The molecule has 8 heteroatoms. The fourth-order valence-electron chi connectivity index (χ4n) is 2.84. The van der Waals surface area contributed by atoms with Crippen LogP contribution in [0.3, 0.4) is 0 Å². The highest BCUT2D eigenvalue weighted by molar-refractivity contribution is 7.99. The van der Waals surface area contributed by atoms with Crippen molar-refractivity contribution >= 4 is 58.4 Å². The molecule has 2 aromatic carbocycles. The molecule has 0 aliphatic carbocycles. The molecule has 0 aliphatic rings. The van der Waals surface area contributed by atoms with Crippen molar-refractivity contribution < 1.29 is 9.59 Å². The van der Waals surface area contributed by atoms with Crippen LogP contribution in [0, 0.1) is 5.92 Å². The maximum atomic E-state index is 13.1. The molecule has 0 heterocycles. The van der Waals surface area contributed by atoms with E-state index in [2.05, 4.69) is 5.32 Å². The number of hydrogen-bond acceptors (Lipinski definition) is 3. The minimum atomic E-state index is -0.601. The van der Waals surface area contributed by atoms with Crippen molar-refractivity contribution in [1.82, 2.24) is 10.2 Å². The number of hydrogen-bond donors (Lipinski definition) is 1. The average Bonchev–Trinajstić information content (AvgIpc) is 2.72. The number of amides is 2. The molecule has 1 atom stereocenters. The van der Waals surface area contributed by atoms with Gasteiger partial charge in [0.25, 0.3) is 0 Å². The van der Waals surface area contributed by atoms with E-state index in [1.807, 2.05) is 38.1 Å². The van der Waals surface area contributed by atoms with Gasteiger partial charge in [0.1, 0.15) is 6.04 Å². The maximum absolute atomic E-state index is 13.1. The third-order valence-electron chi connectivity index (χ3n) is 4.57. The summed E-state index contributed by atoms with van der Waals surface area (Å²) in [7, 11) is 0. The van der Waals surface area contributed by atoms with Crippen LogP contribution in [0.4, 0.5) is 0 Å². The SMILES string of the molecule is CC(C)CNC(=O)C(C)N(Cc1cccc(Cl)c1)C(=O)CSCc1ccc(Cl)c(Cl)c1. The Morgan fingerprint density at radius 2 is 1.74 bits per heavy atom. The fraction of sp³-hybridized carbons (Fsp3) is 0.391. The number of thioether (sulfide) groups is 1. The van der Waals surface area contributed by atoms with Crippen molar-refractivity contribution in [2.75, 3.05) is 12.3 Å². The van der Waals surface area contributed by atoms with Gasteiger partial charge in [-0.1, -0.05) is 66.8 Å². The summed E-state index contributed by atoms with van der Waals surface area (Å²) < 4.78 is 0. The van der Waals surface area contributed by atoms with Crippen LogP contribution in [0.5, 0.6) is 0 Å². The zero-order valence-corrected chi connectivity index (χ0v) is 20.9. The van der Waals surface area contributed by atoms with Crippen LogP contribution in [0.25, 0.3) is 0 Å². The number of nitrogens with zero attached hydrogens (tertiary/aromatic N) is 1. The van der Waals surface area contributed by atoms with Crippen molar-refractivity contribution in [3.63, 3.8) is 0 Å². The van der Waals surface area contributed by atoms with Gasteiger partial charge in [-0.3, -0.25) is 9.59 Å². The van der Waals surface area contributed by atoms with Crippen LogP contribution < -0.4 is 5.32 Å². The molecule has 0 saturated heterocycles. The number of carbonyl (C=O) groups excluding carboxylic acids is 2. The minimum absolute atomic E-state index is 0.114. The van der Waals surface area contributed by atoms with Gasteiger partial charge in [-0.05, 0) is 48.2 Å². The number of carbonyl (C=O) groups is 2. The van der Waals surface area contributed by atoms with Gasteiger partial charge in [0.05, 0.1) is 15.8 Å². The van der Waals surface area contributed by atoms with Gasteiger partial charge in [-0.15, -0.1) is 11.8 Å². The molecular weight excluding hydrogens is 475 g/mol. The van der Waals surface area contributed by atoms with Crippen LogP contribution in [-0.2, 0) is 21.9 Å². The Morgan fingerprint density at radius 1 is 1.00 bits per heavy atom. The van der Waals surface area contributed by atoms with Gasteiger partial charge in [0, 0.05) is 23.9 Å². The first-order chi connectivity index (χ1) is 14.7. The van der Waals surface area contributed by atoms with E-state index in [9.17, 15) is 9.59 Å². The largest absolute Gasteiger partial charge is 0.354 e. The van der Waals surface area contributed by atoms with Gasteiger partial charge in [0.2, 0.25) is 11.8 Å². The van der Waals surface area contributed by atoms with E-state index >= 15 is 0 Å². The lowest BCUT2D eigenvalue weighted by molar-refractivity contribution is -0.138. The van der Waals surface area contributed by atoms with Crippen LogP contribution in [0.1, 0.15) is 31.9 Å². The van der Waals surface area contributed by atoms with Gasteiger partial charge in [-0.2, -0.15) is 0 Å². The number of nitrogens with one attached hydrogen (secondary N) is 1. The van der Waals surface area contributed by atoms with Gasteiger partial charge < -0.3 is 10.2 Å². The number of benzene rings is 2. The summed E-state index contributed by atoms with van der Waals surface area (Å²) in [6.45, 7) is 6.68. The number of rotatable bonds is 10. The van der Waals surface area contributed by atoms with E-state index in [-0.39, 0.29) is 17.6 Å². The lowest BCUT2D eigenvalue weighted by Crippen LogP contribution is -2.48. The highest BCUT2D eigenvalue weighted by Gasteiger charge is 2.26. The molecule has 0 saturated carbocycles. The third kappa shape index (κ3) is 8.57. The monoisotopic (exact) mass is 500 g/mol. The van der Waals surface area contributed by atoms with E-state index in [0.717, 1.165) is 11.1 Å². The zero-order valence-electron chi connectivity index (χ0n) is 17.8. The van der Waals surface area contributed by atoms with Crippen molar-refractivity contribution in [1.29, 1.82) is 0 Å². The molecule has 2 amide bonds. The van der Waals surface area contributed by atoms with E-state index in [4.69, 9.17) is 34.8 Å². The Labute approximate surface area is 203 Å². The van der Waals surface area contributed by atoms with Gasteiger partial charge in [-0.25, -0.2) is 0 Å². The molecule has 2 rings (SSSR count). The van der Waals surface area contributed by atoms with Crippen molar-refractivity contribution in [3.05, 3.63) is 68.7 Å². The first kappa shape index (κ1) is 25.9. The topological polar surface area (TPSA) is 49.4 Å². The quantitative estimate of drug-likeness (QED) is 0.430. The molecular formula is C23H27Cl3N2O2S. The highest BCUT2D eigenvalue weighted by atomic mass is 35.5. The maximum Gasteiger partial charge on any atom is 0.242 e. The summed E-state index contributed by atoms with van der Waals surface area (Å²) in [5.74, 6) is 0.898. The minimum Gasteiger partial charge on any atom is -0.354 e. The zero-order chi connectivity index (χ0) is 23.0. The van der Waals surface area contributed by atoms with Crippen LogP contribution in [0.15, 0.2) is 42.5 Å². The van der Waals surface area contributed by atoms with E-state index in [1.165, 1.54) is 11.8 Å². The third-order valence-corrected chi connectivity index (χ3v) is 6.53. The van der Waals surface area contributed by atoms with Crippen molar-refractivity contribution in [3.8, 4) is 0 Å². The first-order valence-electron chi connectivity index (χ1n) is 10.0. The standard InChI is InChI=1S/C23H27Cl3N2O2S/c1-15(2)11-27-23(30)16(3)28(12-17-5-4-6-19(24)9-17)22(29)14-31-13-18-7-8-20(25)21(26)10-18/h4-10,15-16H,11-14H2,1-3H3,(H,27,30). The summed E-state index contributed by atoms with van der Waals surface area (Å²) >= 11 is 19.6. The molecule has 4 nitrogen and oxygen atoms in total. The fourth-order valence-corrected chi connectivity index (χ4v) is 4.23. The molecule has 2 aromatic rings. The Morgan fingerprint density at radius 3 is 2.39 bits per heavy atom. The van der Waals surface area contributed by atoms with E-state index < -0.39 is 6.04 Å². The summed E-state index contributed by atoms with van der Waals surface area (Å²) in [4.78, 5) is 27.3. The van der Waals surface area contributed by atoms with E-state index in [0.29, 0.717) is 39.8 Å². The summed E-state index contributed by atoms with van der Waals surface area (Å²) in [5.41, 5.74) is 1.86. The summed E-state index contributed by atoms with van der Waals surface area (Å²) in [5, 5.41) is 4.50. The average molecular weight is 502 g/mol. The molecule has 1 N–H and O–H groups in total. The second-order valence-corrected chi connectivity index (χ2v) is 9.94. The molecule has 0 radical (unpaired) electrons. The Hall–Kier alpha value is -1.40. The van der Waals surface area contributed by atoms with Gasteiger partial charge in [0.15, 0.2) is 0 Å². The Bertz CT molecular complexity index is 908. The van der Waals surface area contributed by atoms with Gasteiger partial charge >= 0.3 is 0 Å². The molecule has 0 spiro atoms. The smallest absolute Gasteiger partial charge is 0.242 e. The lowest BCUT2D eigenvalue weighted by atomic mass is 10.1. The normalized spacial score (nSPS) is 12.0. The van der Waals surface area contributed by atoms with E-state index in [1.54, 1.807) is 30.0 Å². The lowest BCUT2D eigenvalue weighted by Gasteiger charge is -2.29. The summed E-state index contributed by atoms with van der Waals surface area (Å²) in [6.07, 6.45) is 0. The molecule has 31 heavy (non-hydrogen) atoms. The van der Waals surface area contributed by atoms with Crippen LogP contribution in [-0.4, -0.2) is 35.1 Å². The Balaban J connectivity index is 2.07.